The predicted molar refractivity (Wildman–Crippen MR) is 95.3 cm³/mol. The largest absolute Gasteiger partial charge is 0.383 e. The fraction of sp³-hybridized carbons (Fsp3) is 0.444. The number of aromatic nitrogens is 1. The number of amides is 2. The molecule has 0 saturated carbocycles. The molecule has 0 spiro atoms. The molecule has 0 bridgehead atoms. The van der Waals surface area contributed by atoms with Gasteiger partial charge in [0.1, 0.15) is 6.04 Å². The Morgan fingerprint density at radius 2 is 2.04 bits per heavy atom. The van der Waals surface area contributed by atoms with Crippen LogP contribution in [0.1, 0.15) is 10.4 Å². The van der Waals surface area contributed by atoms with Gasteiger partial charge in [0.25, 0.3) is 5.91 Å². The van der Waals surface area contributed by atoms with E-state index >= 15 is 0 Å². The van der Waals surface area contributed by atoms with Crippen molar-refractivity contribution < 1.29 is 14.3 Å². The third kappa shape index (κ3) is 3.38. The summed E-state index contributed by atoms with van der Waals surface area (Å²) in [7, 11) is 3.51. The van der Waals surface area contributed by atoms with Gasteiger partial charge in [-0.15, -0.1) is 0 Å². The highest BCUT2D eigenvalue weighted by atomic mass is 16.5. The highest BCUT2D eigenvalue weighted by Crippen LogP contribution is 2.23. The Balaban J connectivity index is 1.90. The zero-order valence-corrected chi connectivity index (χ0v) is 14.6. The minimum Gasteiger partial charge on any atom is -0.383 e. The van der Waals surface area contributed by atoms with Crippen molar-refractivity contribution in [2.24, 2.45) is 5.73 Å². The fourth-order valence-corrected chi connectivity index (χ4v) is 3.33. The van der Waals surface area contributed by atoms with Gasteiger partial charge in [-0.1, -0.05) is 18.2 Å². The average Bonchev–Trinajstić information content (AvgIpc) is 2.98. The van der Waals surface area contributed by atoms with Crippen LogP contribution < -0.4 is 5.73 Å². The maximum absolute atomic E-state index is 13.1. The van der Waals surface area contributed by atoms with Gasteiger partial charge in [0.2, 0.25) is 5.91 Å². The van der Waals surface area contributed by atoms with Crippen molar-refractivity contribution in [1.82, 2.24) is 14.4 Å². The highest BCUT2D eigenvalue weighted by molar-refractivity contribution is 6.07. The highest BCUT2D eigenvalue weighted by Gasteiger charge is 2.32. The van der Waals surface area contributed by atoms with Crippen LogP contribution in [0.4, 0.5) is 0 Å². The van der Waals surface area contributed by atoms with Crippen molar-refractivity contribution in [3.8, 4) is 0 Å². The summed E-state index contributed by atoms with van der Waals surface area (Å²) in [5, 5.41) is 0.915. The lowest BCUT2D eigenvalue weighted by Gasteiger charge is -2.37. The molecule has 1 saturated heterocycles. The topological polar surface area (TPSA) is 80.8 Å². The molecule has 2 heterocycles. The van der Waals surface area contributed by atoms with E-state index < -0.39 is 11.9 Å². The van der Waals surface area contributed by atoms with Gasteiger partial charge in [0.05, 0.1) is 12.2 Å². The third-order valence-electron chi connectivity index (χ3n) is 4.82. The second kappa shape index (κ2) is 7.25. The Labute approximate surface area is 146 Å². The van der Waals surface area contributed by atoms with E-state index in [0.717, 1.165) is 10.9 Å². The smallest absolute Gasteiger partial charge is 0.256 e. The van der Waals surface area contributed by atoms with Crippen LogP contribution in [0.5, 0.6) is 0 Å². The molecule has 0 unspecified atom stereocenters. The number of fused-ring (bicyclic) bond motifs is 1. The number of rotatable bonds is 5. The molecule has 1 aromatic heterocycles. The molecule has 0 aliphatic carbocycles. The molecule has 1 aliphatic rings. The van der Waals surface area contributed by atoms with E-state index in [1.165, 1.54) is 0 Å². The van der Waals surface area contributed by atoms with E-state index in [1.807, 2.05) is 47.0 Å². The van der Waals surface area contributed by atoms with Gasteiger partial charge in [0.15, 0.2) is 0 Å². The molecule has 7 nitrogen and oxygen atoms in total. The van der Waals surface area contributed by atoms with Gasteiger partial charge in [-0.05, 0) is 13.1 Å². The number of nitrogens with zero attached hydrogens (tertiary/aromatic N) is 3. The molecule has 1 aromatic carbocycles. The number of ether oxygens (including phenoxy) is 1. The second-order valence-corrected chi connectivity index (χ2v) is 6.40. The number of methoxy groups -OCH3 is 1. The van der Waals surface area contributed by atoms with Gasteiger partial charge >= 0.3 is 0 Å². The van der Waals surface area contributed by atoms with E-state index in [2.05, 4.69) is 0 Å². The first-order valence-corrected chi connectivity index (χ1v) is 8.38. The third-order valence-corrected chi connectivity index (χ3v) is 4.82. The van der Waals surface area contributed by atoms with Gasteiger partial charge in [-0.25, -0.2) is 0 Å². The Kier molecular flexibility index (Phi) is 5.06. The van der Waals surface area contributed by atoms with E-state index in [0.29, 0.717) is 38.3 Å². The molecule has 2 N–H and O–H groups in total. The molecule has 0 radical (unpaired) electrons. The van der Waals surface area contributed by atoms with Crippen LogP contribution in [0.25, 0.3) is 10.9 Å². The standard InChI is InChI=1S/C18H24N4O3/c1-20-7-8-22(12-16(20)17(19)23)18(24)14-11-21(9-10-25-2)15-6-4-3-5-13(14)15/h3-6,11,16H,7-10,12H2,1-2H3,(H2,19,23)/t16-/m0/s1. The first kappa shape index (κ1) is 17.4. The summed E-state index contributed by atoms with van der Waals surface area (Å²) >= 11 is 0. The van der Waals surface area contributed by atoms with E-state index in [9.17, 15) is 9.59 Å². The van der Waals surface area contributed by atoms with Gasteiger partial charge in [0, 0.05) is 50.4 Å². The Morgan fingerprint density at radius 1 is 1.28 bits per heavy atom. The van der Waals surface area contributed by atoms with Crippen molar-refractivity contribution in [3.63, 3.8) is 0 Å². The van der Waals surface area contributed by atoms with Crippen LogP contribution in [0.15, 0.2) is 30.5 Å². The molecular formula is C18H24N4O3. The number of hydrogen-bond acceptors (Lipinski definition) is 4. The SMILES string of the molecule is COCCn1cc(C(=O)N2CCN(C)[C@H](C(N)=O)C2)c2ccccc21. The molecule has 25 heavy (non-hydrogen) atoms. The van der Waals surface area contributed by atoms with Crippen LogP contribution >= 0.6 is 0 Å². The van der Waals surface area contributed by atoms with Crippen LogP contribution in [0.2, 0.25) is 0 Å². The number of likely N-dealkylation sites (N-methyl/N-ethyl adjacent to an activating group) is 1. The summed E-state index contributed by atoms with van der Waals surface area (Å²) < 4.78 is 7.20. The lowest BCUT2D eigenvalue weighted by Crippen LogP contribution is -2.57. The molecule has 2 aromatic rings. The maximum Gasteiger partial charge on any atom is 0.256 e. The zero-order valence-electron chi connectivity index (χ0n) is 14.6. The summed E-state index contributed by atoms with van der Waals surface area (Å²) in [6.45, 7) is 2.78. The molecule has 3 rings (SSSR count). The Hall–Kier alpha value is -2.38. The molecule has 7 heteroatoms. The molecule has 1 aliphatic heterocycles. The monoisotopic (exact) mass is 344 g/mol. The zero-order chi connectivity index (χ0) is 18.0. The second-order valence-electron chi connectivity index (χ2n) is 6.40. The number of nitrogens with two attached hydrogens (primary N) is 1. The van der Waals surface area contributed by atoms with Crippen LogP contribution in [0, 0.1) is 0 Å². The number of para-hydroxylation sites is 1. The molecule has 134 valence electrons. The van der Waals surface area contributed by atoms with Gasteiger partial charge in [-0.2, -0.15) is 0 Å². The van der Waals surface area contributed by atoms with Crippen LogP contribution in [0.3, 0.4) is 0 Å². The number of benzene rings is 1. The first-order chi connectivity index (χ1) is 12.0. The normalized spacial score (nSPS) is 18.6. The lowest BCUT2D eigenvalue weighted by molar-refractivity contribution is -0.124. The van der Waals surface area contributed by atoms with Crippen LogP contribution in [-0.4, -0.2) is 72.6 Å². The summed E-state index contributed by atoms with van der Waals surface area (Å²) in [4.78, 5) is 28.3. The van der Waals surface area contributed by atoms with Gasteiger partial charge in [-0.3, -0.25) is 14.5 Å². The van der Waals surface area contributed by atoms with Crippen molar-refractivity contribution in [1.29, 1.82) is 0 Å². The van der Waals surface area contributed by atoms with E-state index in [1.54, 1.807) is 12.0 Å². The fourth-order valence-electron chi connectivity index (χ4n) is 3.33. The summed E-state index contributed by atoms with van der Waals surface area (Å²) in [6, 6.07) is 7.39. The lowest BCUT2D eigenvalue weighted by atomic mass is 10.1. The summed E-state index contributed by atoms with van der Waals surface area (Å²) in [5.41, 5.74) is 7.13. The number of carbonyl (C=O) groups is 2. The maximum atomic E-state index is 13.1. The van der Waals surface area contributed by atoms with Crippen molar-refractivity contribution in [2.75, 3.05) is 40.4 Å². The Morgan fingerprint density at radius 3 is 2.76 bits per heavy atom. The Bertz CT molecular complexity index is 786. The molecule has 1 fully saturated rings. The average molecular weight is 344 g/mol. The number of hydrogen-bond donors (Lipinski definition) is 1. The van der Waals surface area contributed by atoms with E-state index in [4.69, 9.17) is 10.5 Å². The minimum absolute atomic E-state index is 0.0632. The minimum atomic E-state index is -0.445. The molecule has 2 amide bonds. The number of carbonyl (C=O) groups excluding carboxylic acids is 2. The predicted octanol–water partition coefficient (Wildman–Crippen LogP) is 0.529. The molecular weight excluding hydrogens is 320 g/mol. The summed E-state index contributed by atoms with van der Waals surface area (Å²) in [6.07, 6.45) is 1.88. The quantitative estimate of drug-likeness (QED) is 0.858. The van der Waals surface area contributed by atoms with Crippen molar-refractivity contribution >= 4 is 22.7 Å². The molecule has 1 atom stereocenters. The summed E-state index contributed by atoms with van der Waals surface area (Å²) in [5.74, 6) is -0.464. The van der Waals surface area contributed by atoms with Crippen LogP contribution in [-0.2, 0) is 16.1 Å². The van der Waals surface area contributed by atoms with Crippen molar-refractivity contribution in [3.05, 3.63) is 36.0 Å². The first-order valence-electron chi connectivity index (χ1n) is 8.38. The number of piperazine rings is 1. The van der Waals surface area contributed by atoms with Gasteiger partial charge < -0.3 is 19.9 Å². The van der Waals surface area contributed by atoms with Crippen molar-refractivity contribution in [2.45, 2.75) is 12.6 Å². The number of primary amides is 1. The van der Waals surface area contributed by atoms with E-state index in [-0.39, 0.29) is 5.91 Å².